The van der Waals surface area contributed by atoms with E-state index in [-0.39, 0.29) is 16.8 Å². The number of nitrogens with zero attached hydrogens (tertiary/aromatic N) is 1. The van der Waals surface area contributed by atoms with Gasteiger partial charge in [-0.25, -0.2) is 4.79 Å². The van der Waals surface area contributed by atoms with Crippen LogP contribution >= 0.6 is 0 Å². The number of rotatable bonds is 6. The monoisotopic (exact) mass is 252 g/mol. The molecule has 0 aliphatic rings. The predicted molar refractivity (Wildman–Crippen MR) is 59.1 cm³/mol. The Labute approximate surface area is 95.8 Å². The summed E-state index contributed by atoms with van der Waals surface area (Å²) < 4.78 is 34.9. The minimum Gasteiger partial charge on any atom is -0.410 e. The number of quaternary nitrogens is 1. The van der Waals surface area contributed by atoms with Crippen molar-refractivity contribution in [3.8, 4) is 0 Å². The summed E-state index contributed by atoms with van der Waals surface area (Å²) in [5, 5.41) is 0. The second-order valence-corrected chi connectivity index (χ2v) is 5.60. The van der Waals surface area contributed by atoms with Crippen LogP contribution in [0, 0.1) is 0 Å². The quantitative estimate of drug-likeness (QED) is 0.237. The molecule has 0 spiro atoms. The molecular weight excluding hydrogens is 234 g/mol. The van der Waals surface area contributed by atoms with Gasteiger partial charge in [0.15, 0.2) is 0 Å². The zero-order chi connectivity index (χ0) is 13.0. The lowest BCUT2D eigenvalue weighted by molar-refractivity contribution is -0.930. The van der Waals surface area contributed by atoms with Crippen LogP contribution in [0.15, 0.2) is 12.7 Å². The van der Waals surface area contributed by atoms with Gasteiger partial charge in [0, 0.05) is 13.0 Å². The van der Waals surface area contributed by atoms with Gasteiger partial charge in [-0.3, -0.25) is 9.04 Å². The van der Waals surface area contributed by atoms with E-state index in [0.717, 1.165) is 6.08 Å². The van der Waals surface area contributed by atoms with Crippen molar-refractivity contribution in [1.82, 2.24) is 0 Å². The highest BCUT2D eigenvalue weighted by molar-refractivity contribution is 7.85. The summed E-state index contributed by atoms with van der Waals surface area (Å²) in [5.74, 6) is -0.943. The number of carbonyl (C=O) groups is 1. The van der Waals surface area contributed by atoms with Crippen LogP contribution in [0.1, 0.15) is 6.92 Å². The summed E-state index contributed by atoms with van der Waals surface area (Å²) in [6, 6.07) is 0. The van der Waals surface area contributed by atoms with E-state index in [1.807, 2.05) is 0 Å². The first-order valence-electron chi connectivity index (χ1n) is 4.69. The molecule has 0 aromatic carbocycles. The molecule has 0 aliphatic heterocycles. The van der Waals surface area contributed by atoms with Crippen LogP contribution < -0.4 is 0 Å². The largest absolute Gasteiger partial charge is 0.410 e. The Balaban J connectivity index is 4.41. The Morgan fingerprint density at radius 1 is 1.56 bits per heavy atom. The first kappa shape index (κ1) is 15.1. The van der Waals surface area contributed by atoms with Crippen LogP contribution in [-0.2, 0) is 19.6 Å². The van der Waals surface area contributed by atoms with Crippen LogP contribution in [0.5, 0.6) is 0 Å². The maximum atomic E-state index is 11.0. The first-order chi connectivity index (χ1) is 7.08. The van der Waals surface area contributed by atoms with Gasteiger partial charge in [-0.2, -0.15) is 8.42 Å². The fraction of sp³-hybridized carbons (Fsp3) is 0.667. The molecule has 1 unspecified atom stereocenters. The maximum absolute atomic E-state index is 11.0. The van der Waals surface area contributed by atoms with Crippen LogP contribution in [0.2, 0.25) is 0 Å². The molecule has 0 heterocycles. The molecule has 0 amide bonds. The third-order valence-electron chi connectivity index (χ3n) is 2.36. The van der Waals surface area contributed by atoms with E-state index in [2.05, 4.69) is 6.58 Å². The minimum absolute atomic E-state index is 0.138. The van der Waals surface area contributed by atoms with E-state index < -0.39 is 22.3 Å². The van der Waals surface area contributed by atoms with E-state index in [9.17, 15) is 13.2 Å². The van der Waals surface area contributed by atoms with Gasteiger partial charge in [-0.15, -0.1) is 0 Å². The molecule has 1 atom stereocenters. The van der Waals surface area contributed by atoms with Crippen molar-refractivity contribution in [2.45, 2.75) is 13.2 Å². The Bertz CT molecular complexity index is 360. The average molecular weight is 252 g/mol. The summed E-state index contributed by atoms with van der Waals surface area (Å²) in [6.07, 6.45) is 0.520. The van der Waals surface area contributed by atoms with Gasteiger partial charge in [0.25, 0.3) is 10.1 Å². The van der Waals surface area contributed by atoms with Crippen LogP contribution in [0.3, 0.4) is 0 Å². The highest BCUT2D eigenvalue weighted by Crippen LogP contribution is 2.08. The highest BCUT2D eigenvalue weighted by Gasteiger charge is 2.28. The van der Waals surface area contributed by atoms with Crippen molar-refractivity contribution >= 4 is 16.1 Å². The van der Waals surface area contributed by atoms with Gasteiger partial charge in [0.05, 0.1) is 20.6 Å². The molecule has 0 saturated carbocycles. The van der Waals surface area contributed by atoms with Crippen molar-refractivity contribution < 1.29 is 27.0 Å². The summed E-state index contributed by atoms with van der Waals surface area (Å²) in [4.78, 5) is 11.0. The molecule has 1 N–H and O–H groups in total. The molecule has 6 nitrogen and oxygen atoms in total. The third kappa shape index (κ3) is 5.84. The zero-order valence-electron chi connectivity index (χ0n) is 9.71. The zero-order valence-corrected chi connectivity index (χ0v) is 10.5. The molecule has 0 fully saturated rings. The number of hydrogen-bond acceptors (Lipinski definition) is 4. The van der Waals surface area contributed by atoms with Crippen molar-refractivity contribution in [3.05, 3.63) is 12.7 Å². The lowest BCUT2D eigenvalue weighted by Crippen LogP contribution is -2.51. The van der Waals surface area contributed by atoms with E-state index in [0.29, 0.717) is 0 Å². The van der Waals surface area contributed by atoms with Crippen molar-refractivity contribution in [1.29, 1.82) is 0 Å². The van der Waals surface area contributed by atoms with Crippen molar-refractivity contribution in [3.63, 3.8) is 0 Å². The molecule has 16 heavy (non-hydrogen) atoms. The maximum Gasteiger partial charge on any atom is 0.334 e. The van der Waals surface area contributed by atoms with E-state index in [1.165, 1.54) is 0 Å². The number of esters is 1. The van der Waals surface area contributed by atoms with Crippen LogP contribution in [0.25, 0.3) is 0 Å². The highest BCUT2D eigenvalue weighted by atomic mass is 32.2. The van der Waals surface area contributed by atoms with Crippen LogP contribution in [0.4, 0.5) is 0 Å². The van der Waals surface area contributed by atoms with Gasteiger partial charge in [-0.05, 0) is 0 Å². The Morgan fingerprint density at radius 2 is 2.06 bits per heavy atom. The molecule has 0 rings (SSSR count). The number of ether oxygens (including phenoxy) is 1. The Hall–Kier alpha value is -0.920. The summed E-state index contributed by atoms with van der Waals surface area (Å²) in [6.45, 7) is 5.05. The Kier molecular flexibility index (Phi) is 5.11. The van der Waals surface area contributed by atoms with Gasteiger partial charge >= 0.3 is 5.97 Å². The first-order valence-corrected chi connectivity index (χ1v) is 6.30. The van der Waals surface area contributed by atoms with E-state index >= 15 is 0 Å². The van der Waals surface area contributed by atoms with Gasteiger partial charge in [0.1, 0.15) is 5.75 Å². The summed E-state index contributed by atoms with van der Waals surface area (Å²) in [7, 11) is -0.600. The molecule has 0 bridgehead atoms. The lowest BCUT2D eigenvalue weighted by atomic mass is 10.4. The third-order valence-corrected chi connectivity index (χ3v) is 3.06. The normalized spacial score (nSPS) is 14.2. The topological polar surface area (TPSA) is 80.7 Å². The second-order valence-electron chi connectivity index (χ2n) is 4.03. The van der Waals surface area contributed by atoms with Gasteiger partial charge in [0.2, 0.25) is 6.23 Å². The van der Waals surface area contributed by atoms with Gasteiger partial charge < -0.3 is 4.74 Å². The lowest BCUT2D eigenvalue weighted by Gasteiger charge is -2.34. The summed E-state index contributed by atoms with van der Waals surface area (Å²) >= 11 is 0. The van der Waals surface area contributed by atoms with Crippen LogP contribution in [-0.4, -0.2) is 56.0 Å². The predicted octanol–water partition coefficient (Wildman–Crippen LogP) is 0.0258. The molecule has 0 radical (unpaired) electrons. The van der Waals surface area contributed by atoms with E-state index in [4.69, 9.17) is 9.29 Å². The van der Waals surface area contributed by atoms with Gasteiger partial charge in [-0.1, -0.05) is 6.58 Å². The number of hydrogen-bond donors (Lipinski definition) is 1. The Morgan fingerprint density at radius 3 is 2.44 bits per heavy atom. The smallest absolute Gasteiger partial charge is 0.334 e. The fourth-order valence-electron chi connectivity index (χ4n) is 0.891. The molecule has 7 heteroatoms. The van der Waals surface area contributed by atoms with E-state index in [1.54, 1.807) is 21.0 Å². The molecule has 0 aromatic heterocycles. The van der Waals surface area contributed by atoms with Crippen molar-refractivity contribution in [2.24, 2.45) is 0 Å². The molecule has 0 saturated heterocycles. The number of carbonyl (C=O) groups excluding carboxylic acids is 1. The standard InChI is InChI=1S/C9H17NO5S/c1-5-9(11)15-8(2)10(3,4)6-7-16(12,13)14/h5,8H,1,6-7H2,2-4H3/p+1. The molecule has 94 valence electrons. The minimum atomic E-state index is -4.00. The molecule has 0 aromatic rings. The molecule has 0 aliphatic carbocycles. The summed E-state index contributed by atoms with van der Waals surface area (Å²) in [5.41, 5.74) is 0. The van der Waals surface area contributed by atoms with Crippen molar-refractivity contribution in [2.75, 3.05) is 26.4 Å². The molecular formula is C9H18NO5S+. The average Bonchev–Trinajstić information content (AvgIpc) is 2.13. The fourth-order valence-corrected chi connectivity index (χ4v) is 1.59. The SMILES string of the molecule is C=CC(=O)OC(C)[N+](C)(C)CCS(=O)(=O)O. The second kappa shape index (κ2) is 5.42.